The summed E-state index contributed by atoms with van der Waals surface area (Å²) in [6.45, 7) is 13.8. The SMILES string of the molecule is CC(C)c1ccc(CN2CCN(C(C)C)CC2)cc1F. The van der Waals surface area contributed by atoms with Gasteiger partial charge in [0.2, 0.25) is 0 Å². The van der Waals surface area contributed by atoms with Gasteiger partial charge in [0, 0.05) is 38.8 Å². The first kappa shape index (κ1) is 15.5. The Labute approximate surface area is 122 Å². The summed E-state index contributed by atoms with van der Waals surface area (Å²) in [6.07, 6.45) is 0. The van der Waals surface area contributed by atoms with Crippen molar-refractivity contribution in [2.75, 3.05) is 26.2 Å². The second-order valence-corrected chi connectivity index (χ2v) is 6.42. The Morgan fingerprint density at radius 1 is 1.05 bits per heavy atom. The molecule has 0 atom stereocenters. The zero-order valence-corrected chi connectivity index (χ0v) is 13.2. The first-order valence-electron chi connectivity index (χ1n) is 7.72. The minimum atomic E-state index is -0.0571. The van der Waals surface area contributed by atoms with E-state index in [9.17, 15) is 4.39 Å². The minimum absolute atomic E-state index is 0.0571. The maximum Gasteiger partial charge on any atom is 0.126 e. The lowest BCUT2D eigenvalue weighted by atomic mass is 10.0. The molecule has 0 aromatic heterocycles. The van der Waals surface area contributed by atoms with Gasteiger partial charge in [-0.1, -0.05) is 26.0 Å². The molecule has 112 valence electrons. The smallest absolute Gasteiger partial charge is 0.126 e. The maximum absolute atomic E-state index is 14.0. The largest absolute Gasteiger partial charge is 0.298 e. The zero-order valence-electron chi connectivity index (χ0n) is 13.2. The van der Waals surface area contributed by atoms with Gasteiger partial charge in [-0.2, -0.15) is 0 Å². The second kappa shape index (κ2) is 6.68. The fraction of sp³-hybridized carbons (Fsp3) is 0.647. The number of halogens is 1. The highest BCUT2D eigenvalue weighted by atomic mass is 19.1. The molecule has 1 fully saturated rings. The Bertz CT molecular complexity index is 435. The van der Waals surface area contributed by atoms with Crippen LogP contribution in [0.5, 0.6) is 0 Å². The predicted molar refractivity (Wildman–Crippen MR) is 82.5 cm³/mol. The molecule has 0 radical (unpaired) electrons. The third-order valence-electron chi connectivity index (χ3n) is 4.23. The van der Waals surface area contributed by atoms with Gasteiger partial charge in [-0.25, -0.2) is 4.39 Å². The number of nitrogens with zero attached hydrogens (tertiary/aromatic N) is 2. The van der Waals surface area contributed by atoms with Crippen LogP contribution in [0.4, 0.5) is 4.39 Å². The lowest BCUT2D eigenvalue weighted by Crippen LogP contribution is -2.48. The molecule has 20 heavy (non-hydrogen) atoms. The van der Waals surface area contributed by atoms with Crippen molar-refractivity contribution in [3.8, 4) is 0 Å². The van der Waals surface area contributed by atoms with Crippen molar-refractivity contribution in [1.29, 1.82) is 0 Å². The van der Waals surface area contributed by atoms with E-state index in [0.29, 0.717) is 6.04 Å². The summed E-state index contributed by atoms with van der Waals surface area (Å²) in [7, 11) is 0. The van der Waals surface area contributed by atoms with Gasteiger partial charge in [0.05, 0.1) is 0 Å². The van der Waals surface area contributed by atoms with Gasteiger partial charge in [0.15, 0.2) is 0 Å². The van der Waals surface area contributed by atoms with Gasteiger partial charge in [-0.15, -0.1) is 0 Å². The molecule has 3 heteroatoms. The van der Waals surface area contributed by atoms with Crippen molar-refractivity contribution in [2.24, 2.45) is 0 Å². The number of rotatable bonds is 4. The van der Waals surface area contributed by atoms with Crippen LogP contribution in [0.2, 0.25) is 0 Å². The van der Waals surface area contributed by atoms with E-state index in [1.54, 1.807) is 6.07 Å². The van der Waals surface area contributed by atoms with E-state index in [1.807, 2.05) is 19.9 Å². The highest BCUT2D eigenvalue weighted by molar-refractivity contribution is 5.26. The van der Waals surface area contributed by atoms with E-state index < -0.39 is 0 Å². The standard InChI is InChI=1S/C17H27FN2/c1-13(2)16-6-5-15(11-17(16)18)12-19-7-9-20(10-8-19)14(3)4/h5-6,11,13-14H,7-10,12H2,1-4H3. The average molecular weight is 278 g/mol. The lowest BCUT2D eigenvalue weighted by molar-refractivity contribution is 0.104. The van der Waals surface area contributed by atoms with Crippen LogP contribution in [0, 0.1) is 5.82 Å². The summed E-state index contributed by atoms with van der Waals surface area (Å²) in [5, 5.41) is 0. The van der Waals surface area contributed by atoms with Crippen LogP contribution >= 0.6 is 0 Å². The van der Waals surface area contributed by atoms with Crippen LogP contribution in [0.15, 0.2) is 18.2 Å². The average Bonchev–Trinajstić information content (AvgIpc) is 2.39. The highest BCUT2D eigenvalue weighted by Gasteiger charge is 2.19. The Morgan fingerprint density at radius 3 is 2.20 bits per heavy atom. The van der Waals surface area contributed by atoms with Crippen molar-refractivity contribution in [3.63, 3.8) is 0 Å². The fourth-order valence-electron chi connectivity index (χ4n) is 2.83. The third-order valence-corrected chi connectivity index (χ3v) is 4.23. The maximum atomic E-state index is 14.0. The quantitative estimate of drug-likeness (QED) is 0.832. The number of hydrogen-bond acceptors (Lipinski definition) is 2. The van der Waals surface area contributed by atoms with E-state index in [0.717, 1.165) is 43.9 Å². The molecule has 2 rings (SSSR count). The van der Waals surface area contributed by atoms with Crippen LogP contribution in [-0.4, -0.2) is 42.0 Å². The van der Waals surface area contributed by atoms with Crippen molar-refractivity contribution in [3.05, 3.63) is 35.1 Å². The second-order valence-electron chi connectivity index (χ2n) is 6.42. The fourth-order valence-corrected chi connectivity index (χ4v) is 2.83. The number of hydrogen-bond donors (Lipinski definition) is 0. The van der Waals surface area contributed by atoms with Crippen molar-refractivity contribution in [1.82, 2.24) is 9.80 Å². The topological polar surface area (TPSA) is 6.48 Å². The lowest BCUT2D eigenvalue weighted by Gasteiger charge is -2.37. The first-order valence-corrected chi connectivity index (χ1v) is 7.72. The molecular weight excluding hydrogens is 251 g/mol. The molecule has 0 amide bonds. The van der Waals surface area contributed by atoms with E-state index in [1.165, 1.54) is 0 Å². The molecule has 2 nitrogen and oxygen atoms in total. The van der Waals surface area contributed by atoms with Gasteiger partial charge in [0.25, 0.3) is 0 Å². The Morgan fingerprint density at radius 2 is 1.70 bits per heavy atom. The van der Waals surface area contributed by atoms with Crippen molar-refractivity contribution >= 4 is 0 Å². The molecule has 0 bridgehead atoms. The van der Waals surface area contributed by atoms with Crippen molar-refractivity contribution in [2.45, 2.75) is 46.2 Å². The molecule has 1 aromatic carbocycles. The van der Waals surface area contributed by atoms with Gasteiger partial charge in [-0.05, 0) is 37.0 Å². The number of benzene rings is 1. The Hall–Kier alpha value is -0.930. The van der Waals surface area contributed by atoms with Crippen LogP contribution in [0.25, 0.3) is 0 Å². The monoisotopic (exact) mass is 278 g/mol. The van der Waals surface area contributed by atoms with E-state index in [-0.39, 0.29) is 11.7 Å². The molecule has 1 saturated heterocycles. The molecule has 0 saturated carbocycles. The Balaban J connectivity index is 1.93. The Kier molecular flexibility index (Phi) is 5.17. The summed E-state index contributed by atoms with van der Waals surface area (Å²) < 4.78 is 14.0. The summed E-state index contributed by atoms with van der Waals surface area (Å²) in [6, 6.07) is 6.36. The van der Waals surface area contributed by atoms with Gasteiger partial charge >= 0.3 is 0 Å². The molecule has 0 spiro atoms. The molecule has 1 aliphatic rings. The third kappa shape index (κ3) is 3.80. The summed E-state index contributed by atoms with van der Waals surface area (Å²) in [5.74, 6) is 0.192. The normalized spacial score (nSPS) is 18.1. The minimum Gasteiger partial charge on any atom is -0.298 e. The molecule has 0 N–H and O–H groups in total. The van der Waals surface area contributed by atoms with E-state index >= 15 is 0 Å². The molecular formula is C17H27FN2. The van der Waals surface area contributed by atoms with Crippen LogP contribution in [-0.2, 0) is 6.54 Å². The molecule has 1 heterocycles. The van der Waals surface area contributed by atoms with E-state index in [4.69, 9.17) is 0 Å². The van der Waals surface area contributed by atoms with Crippen molar-refractivity contribution < 1.29 is 4.39 Å². The molecule has 1 aromatic rings. The number of piperazine rings is 1. The van der Waals surface area contributed by atoms with E-state index in [2.05, 4.69) is 29.7 Å². The first-order chi connectivity index (χ1) is 9.47. The molecule has 1 aliphatic heterocycles. The van der Waals surface area contributed by atoms with Gasteiger partial charge in [0.1, 0.15) is 5.82 Å². The molecule has 0 unspecified atom stereocenters. The summed E-state index contributed by atoms with van der Waals surface area (Å²) >= 11 is 0. The highest BCUT2D eigenvalue weighted by Crippen LogP contribution is 2.20. The molecule has 0 aliphatic carbocycles. The summed E-state index contributed by atoms with van der Waals surface area (Å²) in [4.78, 5) is 4.92. The zero-order chi connectivity index (χ0) is 14.7. The van der Waals surface area contributed by atoms with Crippen LogP contribution in [0.1, 0.15) is 44.7 Å². The van der Waals surface area contributed by atoms with Gasteiger partial charge in [-0.3, -0.25) is 9.80 Å². The van der Waals surface area contributed by atoms with Gasteiger partial charge < -0.3 is 0 Å². The van der Waals surface area contributed by atoms with Crippen LogP contribution < -0.4 is 0 Å². The van der Waals surface area contributed by atoms with Crippen LogP contribution in [0.3, 0.4) is 0 Å². The summed E-state index contributed by atoms with van der Waals surface area (Å²) in [5.41, 5.74) is 1.91. The predicted octanol–water partition coefficient (Wildman–Crippen LogP) is 3.48.